The van der Waals surface area contributed by atoms with Gasteiger partial charge in [0.25, 0.3) is 0 Å². The Bertz CT molecular complexity index is 867. The summed E-state index contributed by atoms with van der Waals surface area (Å²) >= 11 is 5.83. The summed E-state index contributed by atoms with van der Waals surface area (Å²) in [6.45, 7) is 3.61. The maximum absolute atomic E-state index is 12.9. The van der Waals surface area contributed by atoms with Gasteiger partial charge in [0.2, 0.25) is 5.91 Å². The minimum atomic E-state index is -4.28. The van der Waals surface area contributed by atoms with Gasteiger partial charge in [-0.1, -0.05) is 34.1 Å². The lowest BCUT2D eigenvalue weighted by Gasteiger charge is -2.23. The van der Waals surface area contributed by atoms with E-state index in [1.165, 1.54) is 17.3 Å². The van der Waals surface area contributed by atoms with Gasteiger partial charge in [-0.15, -0.1) is 0 Å². The quantitative estimate of drug-likeness (QED) is 0.304. The number of rotatable bonds is 9. The van der Waals surface area contributed by atoms with Crippen LogP contribution in [-0.2, 0) is 16.0 Å². The SMILES string of the molecule is CCN(C(=O)C(C)C[S+]([O-])CCCC(F)(F)F)c1sc(-c2ccc[n+]([O-])c2)nc1Cl. The van der Waals surface area contributed by atoms with E-state index in [4.69, 9.17) is 11.6 Å². The van der Waals surface area contributed by atoms with E-state index in [1.807, 2.05) is 0 Å². The molecule has 30 heavy (non-hydrogen) atoms. The first-order chi connectivity index (χ1) is 14.0. The number of nitrogens with zero attached hydrogens (tertiary/aromatic N) is 3. The topological polar surface area (TPSA) is 83.2 Å². The molecule has 166 valence electrons. The predicted molar refractivity (Wildman–Crippen MR) is 112 cm³/mol. The zero-order valence-electron chi connectivity index (χ0n) is 16.3. The van der Waals surface area contributed by atoms with Gasteiger partial charge in [0.05, 0.1) is 11.5 Å². The number of carbonyl (C=O) groups is 1. The molecule has 0 spiro atoms. The molecule has 1 amide bonds. The van der Waals surface area contributed by atoms with Crippen LogP contribution in [0.25, 0.3) is 10.6 Å². The fraction of sp³-hybridized carbons (Fsp3) is 0.500. The summed E-state index contributed by atoms with van der Waals surface area (Å²) < 4.78 is 49.4. The van der Waals surface area contributed by atoms with Crippen LogP contribution in [0.3, 0.4) is 0 Å². The number of halogens is 4. The predicted octanol–water partition coefficient (Wildman–Crippen LogP) is 4.18. The summed E-state index contributed by atoms with van der Waals surface area (Å²) in [5.41, 5.74) is 0.549. The fourth-order valence-electron chi connectivity index (χ4n) is 2.70. The van der Waals surface area contributed by atoms with Gasteiger partial charge in [0.15, 0.2) is 17.5 Å². The van der Waals surface area contributed by atoms with E-state index in [0.29, 0.717) is 20.3 Å². The van der Waals surface area contributed by atoms with Crippen molar-refractivity contribution in [2.24, 2.45) is 5.92 Å². The first-order valence-corrected chi connectivity index (χ1v) is 11.8. The molecule has 2 rings (SSSR count). The second kappa shape index (κ2) is 10.7. The van der Waals surface area contributed by atoms with Crippen LogP contribution < -0.4 is 9.63 Å². The third-order valence-corrected chi connectivity index (χ3v) is 7.23. The maximum Gasteiger partial charge on any atom is 0.389 e. The van der Waals surface area contributed by atoms with Gasteiger partial charge in [-0.25, -0.2) is 4.98 Å². The van der Waals surface area contributed by atoms with Gasteiger partial charge >= 0.3 is 6.18 Å². The van der Waals surface area contributed by atoms with Crippen molar-refractivity contribution in [1.82, 2.24) is 4.98 Å². The Morgan fingerprint density at radius 3 is 2.77 bits per heavy atom. The second-order valence-corrected chi connectivity index (χ2v) is 9.54. The van der Waals surface area contributed by atoms with E-state index in [0.717, 1.165) is 11.3 Å². The summed E-state index contributed by atoms with van der Waals surface area (Å²) in [4.78, 5) is 18.5. The molecule has 0 aliphatic heterocycles. The Balaban J connectivity index is 2.07. The molecule has 0 aromatic carbocycles. The number of hydrogen-bond donors (Lipinski definition) is 0. The van der Waals surface area contributed by atoms with Crippen molar-refractivity contribution in [2.45, 2.75) is 32.9 Å². The van der Waals surface area contributed by atoms with Crippen molar-refractivity contribution >= 4 is 45.0 Å². The smallest absolute Gasteiger partial charge is 0.389 e. The maximum atomic E-state index is 12.9. The highest BCUT2D eigenvalue weighted by atomic mass is 35.5. The summed E-state index contributed by atoms with van der Waals surface area (Å²) in [7, 11) is 0. The van der Waals surface area contributed by atoms with E-state index in [-0.39, 0.29) is 35.5 Å². The molecule has 6 nitrogen and oxygen atoms in total. The normalized spacial score (nSPS) is 13.8. The van der Waals surface area contributed by atoms with Gasteiger partial charge < -0.3 is 14.7 Å². The van der Waals surface area contributed by atoms with Crippen LogP contribution in [-0.4, -0.2) is 39.7 Å². The molecule has 0 N–H and O–H groups in total. The Labute approximate surface area is 184 Å². The number of aromatic nitrogens is 2. The summed E-state index contributed by atoms with van der Waals surface area (Å²) in [6, 6.07) is 3.26. The molecular formula is C18H21ClF3N3O3S2. The Morgan fingerprint density at radius 2 is 2.17 bits per heavy atom. The lowest BCUT2D eigenvalue weighted by Crippen LogP contribution is -2.37. The number of thiazole rings is 1. The van der Waals surface area contributed by atoms with Gasteiger partial charge in [0, 0.05) is 25.5 Å². The molecular weight excluding hydrogens is 463 g/mol. The van der Waals surface area contributed by atoms with E-state index < -0.39 is 29.7 Å². The van der Waals surface area contributed by atoms with Gasteiger partial charge in [-0.05, 0) is 19.9 Å². The molecule has 12 heteroatoms. The van der Waals surface area contributed by atoms with Gasteiger partial charge in [-0.2, -0.15) is 17.9 Å². The Kier molecular flexibility index (Phi) is 8.77. The molecule has 2 heterocycles. The molecule has 0 fully saturated rings. The van der Waals surface area contributed by atoms with Crippen molar-refractivity contribution < 1.29 is 27.2 Å². The number of hydrogen-bond acceptors (Lipinski definition) is 5. The lowest BCUT2D eigenvalue weighted by molar-refractivity contribution is -0.604. The minimum absolute atomic E-state index is 0.0364. The average Bonchev–Trinajstić information content (AvgIpc) is 3.03. The molecule has 0 aliphatic rings. The van der Waals surface area contributed by atoms with Crippen LogP contribution in [0.5, 0.6) is 0 Å². The molecule has 0 saturated heterocycles. The highest BCUT2D eigenvalue weighted by Crippen LogP contribution is 2.38. The second-order valence-electron chi connectivity index (χ2n) is 6.58. The zero-order chi connectivity index (χ0) is 22.5. The summed E-state index contributed by atoms with van der Waals surface area (Å²) in [5, 5.41) is 12.4. The van der Waals surface area contributed by atoms with Crippen molar-refractivity contribution in [3.63, 3.8) is 0 Å². The average molecular weight is 484 g/mol. The first kappa shape index (κ1) is 24.7. The van der Waals surface area contributed by atoms with Crippen LogP contribution in [0.4, 0.5) is 18.2 Å². The zero-order valence-corrected chi connectivity index (χ0v) is 18.7. The Hall–Kier alpha value is -1.56. The van der Waals surface area contributed by atoms with Crippen LogP contribution in [0.15, 0.2) is 24.5 Å². The molecule has 2 aromatic heterocycles. The van der Waals surface area contributed by atoms with Crippen LogP contribution >= 0.6 is 22.9 Å². The van der Waals surface area contributed by atoms with E-state index in [9.17, 15) is 27.7 Å². The van der Waals surface area contributed by atoms with E-state index in [2.05, 4.69) is 4.98 Å². The number of amides is 1. The van der Waals surface area contributed by atoms with Crippen molar-refractivity contribution in [3.8, 4) is 10.6 Å². The molecule has 0 radical (unpaired) electrons. The number of pyridine rings is 1. The Morgan fingerprint density at radius 1 is 1.47 bits per heavy atom. The molecule has 0 aliphatic carbocycles. The van der Waals surface area contributed by atoms with Crippen LogP contribution in [0.2, 0.25) is 5.15 Å². The highest BCUT2D eigenvalue weighted by molar-refractivity contribution is 7.91. The first-order valence-electron chi connectivity index (χ1n) is 9.10. The third-order valence-electron chi connectivity index (χ3n) is 4.11. The van der Waals surface area contributed by atoms with E-state index in [1.54, 1.807) is 26.0 Å². The van der Waals surface area contributed by atoms with Gasteiger partial charge in [0.1, 0.15) is 21.5 Å². The number of anilines is 1. The largest absolute Gasteiger partial charge is 0.619 e. The molecule has 2 aromatic rings. The van der Waals surface area contributed by atoms with Crippen molar-refractivity contribution in [1.29, 1.82) is 0 Å². The monoisotopic (exact) mass is 483 g/mol. The third kappa shape index (κ3) is 7.00. The van der Waals surface area contributed by atoms with Crippen LogP contribution in [0, 0.1) is 11.1 Å². The van der Waals surface area contributed by atoms with Crippen molar-refractivity contribution in [2.75, 3.05) is 23.0 Å². The highest BCUT2D eigenvalue weighted by Gasteiger charge is 2.30. The standard InChI is InChI=1S/C18H21ClF3N3O3S2/c1-3-25(16(26)12(2)11-30(28)9-5-7-18(20,21)22)17-14(19)23-15(29-17)13-6-4-8-24(27)10-13/h4,6,8,10,12H,3,5,7,9,11H2,1-2H3. The minimum Gasteiger partial charge on any atom is -0.619 e. The lowest BCUT2D eigenvalue weighted by atomic mass is 10.2. The summed E-state index contributed by atoms with van der Waals surface area (Å²) in [5.74, 6) is -1.16. The van der Waals surface area contributed by atoms with Crippen LogP contribution in [0.1, 0.15) is 26.7 Å². The molecule has 0 bridgehead atoms. The van der Waals surface area contributed by atoms with Gasteiger partial charge in [-0.3, -0.25) is 4.79 Å². The molecule has 0 saturated carbocycles. The molecule has 2 atom stereocenters. The van der Waals surface area contributed by atoms with E-state index >= 15 is 0 Å². The molecule has 2 unspecified atom stereocenters. The van der Waals surface area contributed by atoms with Crippen molar-refractivity contribution in [3.05, 3.63) is 34.9 Å². The number of carbonyl (C=O) groups excluding carboxylic acids is 1. The number of alkyl halides is 3. The fourth-order valence-corrected chi connectivity index (χ4v) is 5.40. The summed E-state index contributed by atoms with van der Waals surface area (Å²) in [6.07, 6.45) is -2.85.